The lowest BCUT2D eigenvalue weighted by Gasteiger charge is -2.46. The van der Waals surface area contributed by atoms with E-state index in [1.807, 2.05) is 0 Å². The summed E-state index contributed by atoms with van der Waals surface area (Å²) in [5.41, 5.74) is 1.02. The van der Waals surface area contributed by atoms with Gasteiger partial charge >= 0.3 is 0 Å². The zero-order valence-corrected chi connectivity index (χ0v) is 12.0. The first-order valence-corrected chi connectivity index (χ1v) is 7.59. The van der Waals surface area contributed by atoms with Crippen LogP contribution in [0.2, 0.25) is 0 Å². The fourth-order valence-corrected chi connectivity index (χ4v) is 3.47. The van der Waals surface area contributed by atoms with Crippen LogP contribution in [-0.4, -0.2) is 36.6 Å². The molecule has 0 amide bonds. The van der Waals surface area contributed by atoms with Crippen molar-refractivity contribution in [3.63, 3.8) is 0 Å². The molecular formula is C15H30N2. The van der Waals surface area contributed by atoms with E-state index in [0.717, 1.165) is 0 Å². The lowest BCUT2D eigenvalue weighted by molar-refractivity contribution is 0.0542. The Morgan fingerprint density at radius 3 is 2.41 bits per heavy atom. The van der Waals surface area contributed by atoms with Crippen LogP contribution >= 0.6 is 0 Å². The van der Waals surface area contributed by atoms with Gasteiger partial charge in [-0.15, -0.1) is 0 Å². The van der Waals surface area contributed by atoms with E-state index in [2.05, 4.69) is 31.0 Å². The Kier molecular flexibility index (Phi) is 4.14. The normalized spacial score (nSPS) is 34.1. The van der Waals surface area contributed by atoms with Gasteiger partial charge in [-0.3, -0.25) is 0 Å². The van der Waals surface area contributed by atoms with Crippen molar-refractivity contribution < 1.29 is 0 Å². The molecule has 1 atom stereocenters. The molecule has 0 bridgehead atoms. The first kappa shape index (κ1) is 13.4. The molecule has 1 saturated heterocycles. The van der Waals surface area contributed by atoms with Gasteiger partial charge in [0.1, 0.15) is 0 Å². The first-order valence-electron chi connectivity index (χ1n) is 7.59. The molecule has 2 rings (SSSR count). The van der Waals surface area contributed by atoms with Crippen LogP contribution in [0.5, 0.6) is 0 Å². The summed E-state index contributed by atoms with van der Waals surface area (Å²) in [6, 6.07) is 0. The smallest absolute Gasteiger partial charge is 0.0277 e. The zero-order valence-electron chi connectivity index (χ0n) is 12.0. The van der Waals surface area contributed by atoms with Crippen molar-refractivity contribution in [2.45, 2.75) is 64.8 Å². The van der Waals surface area contributed by atoms with Crippen LogP contribution in [0, 0.1) is 5.41 Å². The van der Waals surface area contributed by atoms with Gasteiger partial charge in [-0.2, -0.15) is 0 Å². The molecule has 2 nitrogen and oxygen atoms in total. The molecule has 1 aliphatic carbocycles. The van der Waals surface area contributed by atoms with Gasteiger partial charge < -0.3 is 10.2 Å². The number of hydrogen-bond acceptors (Lipinski definition) is 2. The minimum Gasteiger partial charge on any atom is -0.310 e. The van der Waals surface area contributed by atoms with E-state index < -0.39 is 0 Å². The van der Waals surface area contributed by atoms with Crippen LogP contribution in [0.1, 0.15) is 59.3 Å². The highest BCUT2D eigenvalue weighted by atomic mass is 15.2. The Balaban J connectivity index is 1.95. The Labute approximate surface area is 107 Å². The van der Waals surface area contributed by atoms with Crippen LogP contribution < -0.4 is 5.32 Å². The standard InChI is InChI=1S/C15H30N2/c1-4-14(3)12-17(11-7-10-16-14)13-15(5-2)8-6-9-15/h16H,4-13H2,1-3H3. The fraction of sp³-hybridized carbons (Fsp3) is 1.00. The van der Waals surface area contributed by atoms with Crippen LogP contribution in [0.25, 0.3) is 0 Å². The van der Waals surface area contributed by atoms with Crippen LogP contribution in [0.3, 0.4) is 0 Å². The van der Waals surface area contributed by atoms with Crippen molar-refractivity contribution in [1.29, 1.82) is 0 Å². The van der Waals surface area contributed by atoms with Gasteiger partial charge in [-0.1, -0.05) is 20.3 Å². The topological polar surface area (TPSA) is 15.3 Å². The summed E-state index contributed by atoms with van der Waals surface area (Å²) < 4.78 is 0. The maximum absolute atomic E-state index is 3.74. The predicted octanol–water partition coefficient (Wildman–Crippen LogP) is 3.03. The van der Waals surface area contributed by atoms with E-state index >= 15 is 0 Å². The first-order chi connectivity index (χ1) is 8.11. The maximum Gasteiger partial charge on any atom is 0.0277 e. The fourth-order valence-electron chi connectivity index (χ4n) is 3.47. The van der Waals surface area contributed by atoms with Gasteiger partial charge in [0.2, 0.25) is 0 Å². The second-order valence-corrected chi connectivity index (χ2v) is 6.61. The van der Waals surface area contributed by atoms with E-state index in [1.54, 1.807) is 0 Å². The molecular weight excluding hydrogens is 208 g/mol. The summed E-state index contributed by atoms with van der Waals surface area (Å²) in [7, 11) is 0. The second-order valence-electron chi connectivity index (χ2n) is 6.61. The number of rotatable bonds is 4. The van der Waals surface area contributed by atoms with E-state index in [1.165, 1.54) is 64.7 Å². The van der Waals surface area contributed by atoms with Gasteiger partial charge in [-0.25, -0.2) is 0 Å². The number of nitrogens with one attached hydrogen (secondary N) is 1. The van der Waals surface area contributed by atoms with Crippen LogP contribution in [-0.2, 0) is 0 Å². The molecule has 0 radical (unpaired) electrons. The third-order valence-corrected chi connectivity index (χ3v) is 5.28. The molecule has 1 heterocycles. The molecule has 1 aliphatic heterocycles. The molecule has 2 heteroatoms. The molecule has 1 N–H and O–H groups in total. The Morgan fingerprint density at radius 1 is 1.12 bits per heavy atom. The average Bonchev–Trinajstić information content (AvgIpc) is 2.46. The van der Waals surface area contributed by atoms with Crippen LogP contribution in [0.15, 0.2) is 0 Å². The van der Waals surface area contributed by atoms with Crippen molar-refractivity contribution in [2.24, 2.45) is 5.41 Å². The highest BCUT2D eigenvalue weighted by Crippen LogP contribution is 2.44. The van der Waals surface area contributed by atoms with Crippen molar-refractivity contribution >= 4 is 0 Å². The molecule has 100 valence electrons. The second kappa shape index (κ2) is 5.27. The quantitative estimate of drug-likeness (QED) is 0.810. The summed E-state index contributed by atoms with van der Waals surface area (Å²) >= 11 is 0. The van der Waals surface area contributed by atoms with Crippen molar-refractivity contribution in [3.8, 4) is 0 Å². The maximum atomic E-state index is 3.74. The summed E-state index contributed by atoms with van der Waals surface area (Å²) in [6.45, 7) is 12.2. The highest BCUT2D eigenvalue weighted by Gasteiger charge is 2.38. The van der Waals surface area contributed by atoms with E-state index in [0.29, 0.717) is 11.0 Å². The van der Waals surface area contributed by atoms with Crippen LogP contribution in [0.4, 0.5) is 0 Å². The van der Waals surface area contributed by atoms with Crippen molar-refractivity contribution in [3.05, 3.63) is 0 Å². The molecule has 1 unspecified atom stereocenters. The van der Waals surface area contributed by atoms with Gasteiger partial charge in [-0.05, 0) is 57.5 Å². The van der Waals surface area contributed by atoms with E-state index in [-0.39, 0.29) is 0 Å². The minimum absolute atomic E-state index is 0.342. The van der Waals surface area contributed by atoms with Gasteiger partial charge in [0.25, 0.3) is 0 Å². The number of nitrogens with zero attached hydrogens (tertiary/aromatic N) is 1. The zero-order chi connectivity index (χ0) is 12.4. The Morgan fingerprint density at radius 2 is 1.88 bits per heavy atom. The van der Waals surface area contributed by atoms with E-state index in [4.69, 9.17) is 0 Å². The van der Waals surface area contributed by atoms with Gasteiger partial charge in [0.05, 0.1) is 0 Å². The molecule has 2 fully saturated rings. The molecule has 17 heavy (non-hydrogen) atoms. The SMILES string of the molecule is CCC1(CN2CCCNC(C)(CC)C2)CCC1. The summed E-state index contributed by atoms with van der Waals surface area (Å²) in [6.07, 6.45) is 8.33. The minimum atomic E-state index is 0.342. The lowest BCUT2D eigenvalue weighted by atomic mass is 9.66. The highest BCUT2D eigenvalue weighted by molar-refractivity contribution is 4.93. The van der Waals surface area contributed by atoms with Gasteiger partial charge in [0, 0.05) is 18.6 Å². The van der Waals surface area contributed by atoms with Gasteiger partial charge in [0.15, 0.2) is 0 Å². The molecule has 0 spiro atoms. The van der Waals surface area contributed by atoms with E-state index in [9.17, 15) is 0 Å². The third-order valence-electron chi connectivity index (χ3n) is 5.28. The number of hydrogen-bond donors (Lipinski definition) is 1. The molecule has 2 aliphatic rings. The molecule has 0 aromatic carbocycles. The molecule has 0 aromatic rings. The third kappa shape index (κ3) is 3.03. The average molecular weight is 238 g/mol. The van der Waals surface area contributed by atoms with Crippen molar-refractivity contribution in [2.75, 3.05) is 26.2 Å². The monoisotopic (exact) mass is 238 g/mol. The molecule has 1 saturated carbocycles. The Hall–Kier alpha value is -0.0800. The summed E-state index contributed by atoms with van der Waals surface area (Å²) in [4.78, 5) is 2.74. The lowest BCUT2D eigenvalue weighted by Crippen LogP contribution is -2.51. The Bertz CT molecular complexity index is 242. The largest absolute Gasteiger partial charge is 0.310 e. The summed E-state index contributed by atoms with van der Waals surface area (Å²) in [5.74, 6) is 0. The van der Waals surface area contributed by atoms with Crippen molar-refractivity contribution in [1.82, 2.24) is 10.2 Å². The predicted molar refractivity (Wildman–Crippen MR) is 74.3 cm³/mol. The molecule has 0 aromatic heterocycles. The summed E-state index contributed by atoms with van der Waals surface area (Å²) in [5, 5.41) is 3.74.